The van der Waals surface area contributed by atoms with E-state index in [4.69, 9.17) is 11.6 Å². The van der Waals surface area contributed by atoms with Crippen molar-refractivity contribution in [3.63, 3.8) is 0 Å². The van der Waals surface area contributed by atoms with Crippen LogP contribution in [0.5, 0.6) is 17.2 Å². The monoisotopic (exact) mass is 631 g/mol. The Kier molecular flexibility index (Phi) is 8.44. The summed E-state index contributed by atoms with van der Waals surface area (Å²) in [6.07, 6.45) is -4.58. The number of likely N-dealkylation sites (tertiary alicyclic amines) is 1. The van der Waals surface area contributed by atoms with E-state index in [2.05, 4.69) is 26.0 Å². The minimum atomic E-state index is -5.21. The van der Waals surface area contributed by atoms with Crippen LogP contribution in [0.4, 0.5) is 18.9 Å². The molecule has 0 aromatic heterocycles. The van der Waals surface area contributed by atoms with Gasteiger partial charge in [0.25, 0.3) is 15.9 Å². The lowest BCUT2D eigenvalue weighted by Gasteiger charge is -2.36. The number of nitrogens with zero attached hydrogens (tertiary/aromatic N) is 1. The minimum absolute atomic E-state index is 0.154. The van der Waals surface area contributed by atoms with Gasteiger partial charge in [-0.3, -0.25) is 9.52 Å². The van der Waals surface area contributed by atoms with E-state index < -0.39 is 61.3 Å². The number of aliphatic hydroxyl groups is 1. The first-order valence-electron chi connectivity index (χ1n) is 10.5. The molecular weight excluding hydrogens is 611 g/mol. The van der Waals surface area contributed by atoms with E-state index in [-0.39, 0.29) is 16.0 Å². The van der Waals surface area contributed by atoms with Crippen LogP contribution in [0.25, 0.3) is 0 Å². The maximum Gasteiger partial charge on any atom is 0.573 e. The number of piperidine rings is 1. The highest BCUT2D eigenvalue weighted by Crippen LogP contribution is 2.39. The molecule has 204 valence electrons. The van der Waals surface area contributed by atoms with Crippen molar-refractivity contribution in [2.45, 2.75) is 29.7 Å². The number of hydrogen-bond donors (Lipinski definition) is 5. The largest absolute Gasteiger partial charge is 0.573 e. The lowest BCUT2D eigenvalue weighted by Crippen LogP contribution is -2.50. The molecular formula is C21H22BrClF3N3O7S. The van der Waals surface area contributed by atoms with Crippen LogP contribution in [0, 0.1) is 0 Å². The maximum absolute atomic E-state index is 12.9. The van der Waals surface area contributed by atoms with Crippen molar-refractivity contribution in [2.24, 2.45) is 0 Å². The van der Waals surface area contributed by atoms with Gasteiger partial charge in [-0.05, 0) is 38.1 Å². The summed E-state index contributed by atoms with van der Waals surface area (Å²) in [5, 5.41) is 33.4. The van der Waals surface area contributed by atoms with E-state index in [9.17, 15) is 41.7 Å². The third-order valence-electron chi connectivity index (χ3n) is 5.58. The number of aromatic hydroxyl groups is 2. The zero-order valence-corrected chi connectivity index (χ0v) is 22.2. The Bertz CT molecular complexity index is 1300. The molecule has 0 unspecified atom stereocenters. The molecule has 0 radical (unpaired) electrons. The number of amides is 1. The summed E-state index contributed by atoms with van der Waals surface area (Å²) in [5.74, 6) is -3.98. The molecule has 2 aromatic carbocycles. The Labute approximate surface area is 223 Å². The number of carbonyl (C=O) groups is 1. The highest BCUT2D eigenvalue weighted by atomic mass is 79.9. The zero-order chi connectivity index (χ0) is 27.8. The van der Waals surface area contributed by atoms with Crippen LogP contribution in [-0.2, 0) is 10.0 Å². The van der Waals surface area contributed by atoms with Crippen LogP contribution >= 0.6 is 27.5 Å². The van der Waals surface area contributed by atoms with Gasteiger partial charge in [-0.2, -0.15) is 0 Å². The Morgan fingerprint density at radius 1 is 1.19 bits per heavy atom. The molecule has 1 saturated heterocycles. The molecule has 0 spiro atoms. The molecule has 0 saturated carbocycles. The van der Waals surface area contributed by atoms with E-state index in [1.165, 1.54) is 6.07 Å². The normalized spacial score (nSPS) is 16.3. The molecule has 5 N–H and O–H groups in total. The van der Waals surface area contributed by atoms with Gasteiger partial charge in [0.2, 0.25) is 0 Å². The van der Waals surface area contributed by atoms with Crippen LogP contribution in [0.2, 0.25) is 5.02 Å². The highest BCUT2D eigenvalue weighted by Gasteiger charge is 2.34. The van der Waals surface area contributed by atoms with Crippen molar-refractivity contribution in [3.8, 4) is 17.2 Å². The molecule has 10 nitrogen and oxygen atoms in total. The second-order valence-electron chi connectivity index (χ2n) is 8.46. The molecule has 0 aliphatic carbocycles. The summed E-state index contributed by atoms with van der Waals surface area (Å²) in [6, 6.07) is 3.25. The third-order valence-corrected chi connectivity index (χ3v) is 7.71. The first kappa shape index (κ1) is 29.1. The van der Waals surface area contributed by atoms with Crippen molar-refractivity contribution in [1.82, 2.24) is 10.2 Å². The van der Waals surface area contributed by atoms with E-state index >= 15 is 0 Å². The topological polar surface area (TPSA) is 148 Å². The average Bonchev–Trinajstić information content (AvgIpc) is 2.77. The van der Waals surface area contributed by atoms with Gasteiger partial charge in [-0.15, -0.1) is 13.2 Å². The molecule has 1 heterocycles. The van der Waals surface area contributed by atoms with E-state index in [0.29, 0.717) is 38.1 Å². The number of anilines is 1. The van der Waals surface area contributed by atoms with Gasteiger partial charge < -0.3 is 30.3 Å². The number of phenols is 2. The van der Waals surface area contributed by atoms with Crippen molar-refractivity contribution in [2.75, 3.05) is 31.4 Å². The van der Waals surface area contributed by atoms with E-state index in [1.807, 2.05) is 16.7 Å². The van der Waals surface area contributed by atoms with Crippen molar-refractivity contribution < 1.29 is 46.4 Å². The first-order valence-corrected chi connectivity index (χ1v) is 13.2. The summed E-state index contributed by atoms with van der Waals surface area (Å²) < 4.78 is 70.4. The molecule has 1 amide bonds. The SMILES string of the molecule is CN1CCC(O)(CNC(=O)c2cc(OC(F)(F)F)cc(NS(=O)(=O)c3cc(Br)cc(Cl)c3O)c2O)CC1. The van der Waals surface area contributed by atoms with Crippen LogP contribution in [0.15, 0.2) is 33.6 Å². The molecule has 1 fully saturated rings. The molecule has 0 bridgehead atoms. The second kappa shape index (κ2) is 10.7. The summed E-state index contributed by atoms with van der Waals surface area (Å²) in [4.78, 5) is 14.0. The highest BCUT2D eigenvalue weighted by molar-refractivity contribution is 9.10. The number of hydrogen-bond acceptors (Lipinski definition) is 8. The quantitative estimate of drug-likeness (QED) is 0.292. The van der Waals surface area contributed by atoms with Gasteiger partial charge >= 0.3 is 6.36 Å². The first-order chi connectivity index (χ1) is 17.0. The van der Waals surface area contributed by atoms with Crippen LogP contribution in [0.3, 0.4) is 0 Å². The molecule has 1 aliphatic heterocycles. The predicted octanol–water partition coefficient (Wildman–Crippen LogP) is 3.40. The van der Waals surface area contributed by atoms with Crippen molar-refractivity contribution >= 4 is 49.1 Å². The van der Waals surface area contributed by atoms with Gasteiger partial charge in [-0.1, -0.05) is 27.5 Å². The summed E-state index contributed by atoms with van der Waals surface area (Å²) in [7, 11) is -2.89. The summed E-state index contributed by atoms with van der Waals surface area (Å²) in [5.41, 5.74) is -2.88. The average molecular weight is 633 g/mol. The summed E-state index contributed by atoms with van der Waals surface area (Å²) in [6.45, 7) is 0.824. The number of sulfonamides is 1. The fourth-order valence-corrected chi connectivity index (χ4v) is 5.77. The van der Waals surface area contributed by atoms with Gasteiger partial charge in [0, 0.05) is 30.2 Å². The number of halogens is 5. The Morgan fingerprint density at radius 3 is 2.41 bits per heavy atom. The van der Waals surface area contributed by atoms with Crippen LogP contribution < -0.4 is 14.8 Å². The van der Waals surface area contributed by atoms with E-state index in [0.717, 1.165) is 6.07 Å². The lowest BCUT2D eigenvalue weighted by molar-refractivity contribution is -0.274. The van der Waals surface area contributed by atoms with Crippen molar-refractivity contribution in [1.29, 1.82) is 0 Å². The molecule has 37 heavy (non-hydrogen) atoms. The predicted molar refractivity (Wildman–Crippen MR) is 130 cm³/mol. The maximum atomic E-state index is 12.9. The number of rotatable bonds is 7. The van der Waals surface area contributed by atoms with E-state index in [1.54, 1.807) is 0 Å². The van der Waals surface area contributed by atoms with Gasteiger partial charge in [0.05, 0.1) is 21.9 Å². The van der Waals surface area contributed by atoms with Gasteiger partial charge in [0.15, 0.2) is 11.5 Å². The fraction of sp³-hybridized carbons (Fsp3) is 0.381. The zero-order valence-electron chi connectivity index (χ0n) is 19.1. The number of benzene rings is 2. The minimum Gasteiger partial charge on any atom is -0.505 e. The van der Waals surface area contributed by atoms with Gasteiger partial charge in [-0.25, -0.2) is 8.42 Å². The van der Waals surface area contributed by atoms with Gasteiger partial charge in [0.1, 0.15) is 10.6 Å². The Balaban J connectivity index is 1.96. The summed E-state index contributed by atoms with van der Waals surface area (Å²) >= 11 is 8.81. The number of phenolic OH excluding ortho intramolecular Hbond substituents is 2. The molecule has 3 rings (SSSR count). The molecule has 0 atom stereocenters. The number of nitrogens with one attached hydrogen (secondary N) is 2. The Morgan fingerprint density at radius 2 is 1.81 bits per heavy atom. The van der Waals surface area contributed by atoms with Crippen LogP contribution in [-0.4, -0.2) is 73.2 Å². The van der Waals surface area contributed by atoms with Crippen LogP contribution in [0.1, 0.15) is 23.2 Å². The number of ether oxygens (including phenoxy) is 1. The molecule has 1 aliphatic rings. The molecule has 2 aromatic rings. The van der Waals surface area contributed by atoms with Crippen molar-refractivity contribution in [3.05, 3.63) is 39.3 Å². The molecule has 16 heteroatoms. The smallest absolute Gasteiger partial charge is 0.505 e. The number of alkyl halides is 3. The third kappa shape index (κ3) is 7.31. The fourth-order valence-electron chi connectivity index (χ4n) is 3.55. The number of carbonyl (C=O) groups excluding carboxylic acids is 1. The standard InChI is InChI=1S/C21H22BrClF3N3O7S/c1-29-4-2-20(33,3-5-29)10-27-19(32)13-8-12(36-21(24,25)26)9-15(17(13)30)28-37(34,35)16-7-11(22)6-14(23)18(16)31/h6-9,28,30-31,33H,2-5,10H2,1H3,(H,27,32). The Hall–Kier alpha value is -2.46. The second-order valence-corrected chi connectivity index (χ2v) is 11.4. The lowest BCUT2D eigenvalue weighted by atomic mass is 9.91.